The third-order valence-electron chi connectivity index (χ3n) is 6.39. The summed E-state index contributed by atoms with van der Waals surface area (Å²) in [5.41, 5.74) is 28.9. The van der Waals surface area contributed by atoms with Gasteiger partial charge in [-0.3, -0.25) is 24.4 Å². The van der Waals surface area contributed by atoms with E-state index in [1.54, 1.807) is 30.3 Å². The fraction of sp³-hybridized carbons (Fsp3) is 0.444. The molecule has 0 radical (unpaired) electrons. The molecule has 4 unspecified atom stereocenters. The van der Waals surface area contributed by atoms with E-state index in [-0.39, 0.29) is 57.1 Å². The lowest BCUT2D eigenvalue weighted by Crippen LogP contribution is -2.57. The van der Waals surface area contributed by atoms with E-state index in [1.165, 1.54) is 12.5 Å². The van der Waals surface area contributed by atoms with E-state index in [9.17, 15) is 24.3 Å². The molecular formula is C27H42N12O5. The molecule has 0 aliphatic rings. The van der Waals surface area contributed by atoms with E-state index < -0.39 is 47.9 Å². The zero-order valence-corrected chi connectivity index (χ0v) is 24.3. The number of nitrogens with zero attached hydrogens (tertiary/aromatic N) is 3. The third kappa shape index (κ3) is 13.2. The van der Waals surface area contributed by atoms with Crippen molar-refractivity contribution in [3.63, 3.8) is 0 Å². The standard InChI is InChI=1S/C27H42N12O5/c28-18(13-17-14-33-15-36-17)22(40)37-19(8-4-10-34-26(29)30)23(41)38-20(9-5-11-35-27(31)32)24(42)39-21(25(43)44)12-16-6-2-1-3-7-16/h1-3,6-7,14-15,18-21H,4-5,8-13,28H2,(H,33,36)(H,37,40)(H,38,41)(H,39,42)(H,43,44)(H4,29,30,34)(H4,31,32,35). The van der Waals surface area contributed by atoms with E-state index in [0.29, 0.717) is 17.7 Å². The predicted molar refractivity (Wildman–Crippen MR) is 164 cm³/mol. The van der Waals surface area contributed by atoms with Gasteiger partial charge in [-0.15, -0.1) is 0 Å². The summed E-state index contributed by atoms with van der Waals surface area (Å²) in [4.78, 5) is 66.3. The minimum atomic E-state index is -1.27. The van der Waals surface area contributed by atoms with Crippen molar-refractivity contribution in [1.82, 2.24) is 25.9 Å². The molecule has 2 rings (SSSR count). The highest BCUT2D eigenvalue weighted by molar-refractivity contribution is 5.94. The molecule has 0 aliphatic heterocycles. The van der Waals surface area contributed by atoms with Crippen molar-refractivity contribution in [2.45, 2.75) is 62.7 Å². The molecular weight excluding hydrogens is 572 g/mol. The molecule has 17 nitrogen and oxygen atoms in total. The van der Waals surface area contributed by atoms with Gasteiger partial charge in [0.1, 0.15) is 18.1 Å². The normalized spacial score (nSPS) is 13.4. The number of aromatic amines is 1. The number of carboxylic acid groups (broad SMARTS) is 1. The van der Waals surface area contributed by atoms with Crippen molar-refractivity contribution >= 4 is 35.6 Å². The van der Waals surface area contributed by atoms with Crippen LogP contribution in [0, 0.1) is 0 Å². The Hall–Kier alpha value is -5.19. The van der Waals surface area contributed by atoms with Crippen molar-refractivity contribution in [3.05, 3.63) is 54.1 Å². The summed E-state index contributed by atoms with van der Waals surface area (Å²) in [7, 11) is 0. The highest BCUT2D eigenvalue weighted by Gasteiger charge is 2.30. The number of carbonyl (C=O) groups excluding carboxylic acids is 3. The van der Waals surface area contributed by atoms with Gasteiger partial charge in [0, 0.05) is 37.8 Å². The van der Waals surface area contributed by atoms with Crippen molar-refractivity contribution < 1.29 is 24.3 Å². The summed E-state index contributed by atoms with van der Waals surface area (Å²) in [6.45, 7) is 0.347. The number of amides is 3. The first-order valence-corrected chi connectivity index (χ1v) is 14.0. The maximum atomic E-state index is 13.5. The monoisotopic (exact) mass is 614 g/mol. The largest absolute Gasteiger partial charge is 0.480 e. The molecule has 0 saturated carbocycles. The molecule has 2 aromatic rings. The van der Waals surface area contributed by atoms with Crippen LogP contribution in [0.4, 0.5) is 0 Å². The number of aliphatic imine (C=N–C) groups is 2. The number of hydrogen-bond donors (Lipinski definition) is 10. The van der Waals surface area contributed by atoms with Crippen LogP contribution >= 0.6 is 0 Å². The number of benzene rings is 1. The van der Waals surface area contributed by atoms with Crippen LogP contribution < -0.4 is 44.6 Å². The van der Waals surface area contributed by atoms with Crippen LogP contribution in [0.1, 0.15) is 36.9 Å². The first kappa shape index (κ1) is 35.0. The second-order valence-corrected chi connectivity index (χ2v) is 10.00. The van der Waals surface area contributed by atoms with Gasteiger partial charge in [0.2, 0.25) is 17.7 Å². The van der Waals surface area contributed by atoms with Gasteiger partial charge in [-0.25, -0.2) is 9.78 Å². The number of hydrogen-bond acceptors (Lipinski definition) is 8. The number of imidazole rings is 1. The Morgan fingerprint density at radius 3 is 1.80 bits per heavy atom. The Balaban J connectivity index is 2.20. The van der Waals surface area contributed by atoms with Crippen molar-refractivity contribution in [2.75, 3.05) is 13.1 Å². The SMILES string of the molecule is NC(N)=NCCCC(NC(=O)C(N)Cc1cnc[nH]1)C(=O)NC(CCCN=C(N)N)C(=O)NC(Cc1ccccc1)C(=O)O. The molecule has 0 fully saturated rings. The minimum absolute atomic E-state index is 0.0221. The van der Waals surface area contributed by atoms with Gasteiger partial charge in [-0.05, 0) is 31.2 Å². The van der Waals surface area contributed by atoms with Crippen LogP contribution in [0.15, 0.2) is 52.8 Å². The molecule has 240 valence electrons. The number of nitrogens with one attached hydrogen (secondary N) is 4. The molecule has 17 heteroatoms. The zero-order valence-electron chi connectivity index (χ0n) is 24.3. The number of rotatable bonds is 19. The van der Waals surface area contributed by atoms with Crippen LogP contribution in [-0.2, 0) is 32.0 Å². The number of aliphatic carboxylic acids is 1. The number of guanidine groups is 2. The number of nitrogens with two attached hydrogens (primary N) is 5. The molecule has 0 spiro atoms. The maximum Gasteiger partial charge on any atom is 0.326 e. The summed E-state index contributed by atoms with van der Waals surface area (Å²) >= 11 is 0. The molecule has 4 atom stereocenters. The summed E-state index contributed by atoms with van der Waals surface area (Å²) < 4.78 is 0. The molecule has 1 aromatic heterocycles. The Bertz CT molecular complexity index is 1260. The van der Waals surface area contributed by atoms with Crippen molar-refractivity contribution in [2.24, 2.45) is 38.7 Å². The number of carboxylic acids is 1. The second kappa shape index (κ2) is 18.4. The lowest BCUT2D eigenvalue weighted by atomic mass is 10.0. The lowest BCUT2D eigenvalue weighted by Gasteiger charge is -2.25. The average Bonchev–Trinajstić information content (AvgIpc) is 3.48. The number of aromatic nitrogens is 2. The van der Waals surface area contributed by atoms with Crippen molar-refractivity contribution in [1.29, 1.82) is 0 Å². The first-order valence-electron chi connectivity index (χ1n) is 14.0. The summed E-state index contributed by atoms with van der Waals surface area (Å²) in [5.74, 6) is -3.54. The van der Waals surface area contributed by atoms with Gasteiger partial charge >= 0.3 is 5.97 Å². The predicted octanol–water partition coefficient (Wildman–Crippen LogP) is -2.83. The smallest absolute Gasteiger partial charge is 0.326 e. The molecule has 0 bridgehead atoms. The fourth-order valence-electron chi connectivity index (χ4n) is 4.14. The molecule has 3 amide bonds. The van der Waals surface area contributed by atoms with Gasteiger partial charge in [0.15, 0.2) is 11.9 Å². The third-order valence-corrected chi connectivity index (χ3v) is 6.39. The van der Waals surface area contributed by atoms with Crippen LogP contribution in [0.5, 0.6) is 0 Å². The van der Waals surface area contributed by atoms with Gasteiger partial charge in [-0.2, -0.15) is 0 Å². The number of carbonyl (C=O) groups is 4. The van der Waals surface area contributed by atoms with Crippen LogP contribution in [0.25, 0.3) is 0 Å². The molecule has 0 saturated heterocycles. The van der Waals surface area contributed by atoms with Crippen molar-refractivity contribution in [3.8, 4) is 0 Å². The fourth-order valence-corrected chi connectivity index (χ4v) is 4.14. The van der Waals surface area contributed by atoms with Gasteiger partial charge in [0.05, 0.1) is 12.4 Å². The highest BCUT2D eigenvalue weighted by Crippen LogP contribution is 2.08. The Labute approximate surface area is 254 Å². The van der Waals surface area contributed by atoms with Gasteiger partial charge in [0.25, 0.3) is 0 Å². The summed E-state index contributed by atoms with van der Waals surface area (Å²) in [5, 5.41) is 17.6. The van der Waals surface area contributed by atoms with E-state index in [1.807, 2.05) is 0 Å². The van der Waals surface area contributed by atoms with Crippen LogP contribution in [0.3, 0.4) is 0 Å². The summed E-state index contributed by atoms with van der Waals surface area (Å²) in [6, 6.07) is 4.22. The molecule has 0 aliphatic carbocycles. The second-order valence-electron chi connectivity index (χ2n) is 10.00. The van der Waals surface area contributed by atoms with Gasteiger partial charge < -0.3 is 54.7 Å². The maximum absolute atomic E-state index is 13.5. The van der Waals surface area contributed by atoms with Crippen LogP contribution in [-0.4, -0.2) is 87.9 Å². The minimum Gasteiger partial charge on any atom is -0.480 e. The highest BCUT2D eigenvalue weighted by atomic mass is 16.4. The zero-order chi connectivity index (χ0) is 32.5. The number of H-pyrrole nitrogens is 1. The van der Waals surface area contributed by atoms with E-state index in [2.05, 4.69) is 35.9 Å². The van der Waals surface area contributed by atoms with E-state index in [4.69, 9.17) is 28.7 Å². The Kier molecular flexibility index (Phi) is 14.6. The molecule has 15 N–H and O–H groups in total. The van der Waals surface area contributed by atoms with Gasteiger partial charge in [-0.1, -0.05) is 30.3 Å². The Morgan fingerprint density at radius 1 is 0.795 bits per heavy atom. The lowest BCUT2D eigenvalue weighted by molar-refractivity contribution is -0.142. The van der Waals surface area contributed by atoms with Crippen LogP contribution in [0.2, 0.25) is 0 Å². The van der Waals surface area contributed by atoms with E-state index in [0.717, 1.165) is 0 Å². The van der Waals surface area contributed by atoms with E-state index >= 15 is 0 Å². The Morgan fingerprint density at radius 2 is 1.32 bits per heavy atom. The first-order chi connectivity index (χ1) is 21.0. The topological polar surface area (TPSA) is 308 Å². The molecule has 1 heterocycles. The average molecular weight is 615 g/mol. The molecule has 44 heavy (non-hydrogen) atoms. The summed E-state index contributed by atoms with van der Waals surface area (Å²) in [6.07, 6.45) is 3.91. The quantitative estimate of drug-likeness (QED) is 0.0436. The molecule has 1 aromatic carbocycles.